The zero-order valence-electron chi connectivity index (χ0n) is 50.0. The highest BCUT2D eigenvalue weighted by Crippen LogP contribution is 2.34. The fourth-order valence-corrected chi connectivity index (χ4v) is 10.7. The SMILES string of the molecule is C[C@H](N)C1Cc2cccc(Cl)c2C(=O)N1c1ccccc1.C[C@H](NC(=O)OC(C)(C)C)C(=O)Cc1cccc(Cl)c1C(=O)Nc1ccccc1.Cc1cccc(Cl)c1C(=O)Cl.Cc1cccc(Cl)c1C(=O)Nc1ccccc1.Cc1cccc(Cl)c1C(=O)O. The second-order valence-corrected chi connectivity index (χ2v) is 23.6. The van der Waals surface area contributed by atoms with Crippen LogP contribution >= 0.6 is 69.6 Å². The average Bonchev–Trinajstić information content (AvgIpc) is 0.946. The summed E-state index contributed by atoms with van der Waals surface area (Å²) in [7, 11) is 0. The van der Waals surface area contributed by atoms with E-state index < -0.39 is 34.9 Å². The summed E-state index contributed by atoms with van der Waals surface area (Å²) >= 11 is 35.2. The molecule has 20 heteroatoms. The Bertz CT molecular complexity index is 3670. The van der Waals surface area contributed by atoms with E-state index in [9.17, 15) is 33.6 Å². The van der Waals surface area contributed by atoms with E-state index >= 15 is 0 Å². The van der Waals surface area contributed by atoms with Gasteiger partial charge in [0.25, 0.3) is 23.0 Å². The van der Waals surface area contributed by atoms with E-state index in [0.29, 0.717) is 55.0 Å². The van der Waals surface area contributed by atoms with Gasteiger partial charge >= 0.3 is 12.1 Å². The number of aryl methyl sites for hydroxylation is 3. The first kappa shape index (κ1) is 71.7. The Kier molecular flexibility index (Phi) is 27.4. The number of nitrogens with zero attached hydrogens (tertiary/aromatic N) is 1. The number of nitrogens with two attached hydrogens (primary N) is 1. The molecule has 6 N–H and O–H groups in total. The number of carboxylic acids is 1. The Morgan fingerprint density at radius 3 is 1.42 bits per heavy atom. The maximum atomic E-state index is 12.9. The molecule has 8 aromatic rings. The number of aromatic carboxylic acids is 1. The van der Waals surface area contributed by atoms with Gasteiger partial charge in [0.05, 0.1) is 65.0 Å². The van der Waals surface area contributed by atoms with Crippen LogP contribution in [0.15, 0.2) is 182 Å². The van der Waals surface area contributed by atoms with Gasteiger partial charge in [0.15, 0.2) is 5.78 Å². The van der Waals surface area contributed by atoms with Gasteiger partial charge in [0, 0.05) is 29.5 Å². The molecule has 0 aliphatic carbocycles. The lowest BCUT2D eigenvalue weighted by atomic mass is 9.89. The van der Waals surface area contributed by atoms with Gasteiger partial charge in [-0.05, 0) is 168 Å². The third kappa shape index (κ3) is 21.3. The fourth-order valence-electron chi connectivity index (χ4n) is 8.89. The molecule has 89 heavy (non-hydrogen) atoms. The molecule has 4 amide bonds. The molecule has 0 saturated heterocycles. The van der Waals surface area contributed by atoms with Gasteiger partial charge in [-0.3, -0.25) is 24.0 Å². The van der Waals surface area contributed by atoms with E-state index in [1.54, 1.807) is 137 Å². The number of hydrogen-bond donors (Lipinski definition) is 5. The van der Waals surface area contributed by atoms with E-state index in [0.717, 1.165) is 28.1 Å². The van der Waals surface area contributed by atoms with Gasteiger partial charge < -0.3 is 36.4 Å². The van der Waals surface area contributed by atoms with Crippen LogP contribution in [0, 0.1) is 20.8 Å². The van der Waals surface area contributed by atoms with Gasteiger partial charge in [-0.2, -0.15) is 0 Å². The highest BCUT2D eigenvalue weighted by Gasteiger charge is 2.36. The number of nitrogens with one attached hydrogen (secondary N) is 3. The first-order valence-electron chi connectivity index (χ1n) is 27.7. The van der Waals surface area contributed by atoms with Crippen LogP contribution in [0.5, 0.6) is 0 Å². The average molecular weight is 1320 g/mol. The van der Waals surface area contributed by atoms with Crippen molar-refractivity contribution >= 4 is 127 Å². The number of rotatable bonds is 12. The summed E-state index contributed by atoms with van der Waals surface area (Å²) in [6, 6.07) is 53.1. The number of alkyl carbamates (subject to hydrolysis) is 1. The number of carbonyl (C=O) groups excluding carboxylic acids is 6. The lowest BCUT2D eigenvalue weighted by Crippen LogP contribution is -2.53. The summed E-state index contributed by atoms with van der Waals surface area (Å²) in [4.78, 5) is 85.3. The maximum Gasteiger partial charge on any atom is 0.408 e. The first-order chi connectivity index (χ1) is 42.1. The zero-order chi connectivity index (χ0) is 65.7. The Labute approximate surface area is 548 Å². The molecule has 9 rings (SSSR count). The third-order valence-electron chi connectivity index (χ3n) is 13.2. The maximum absolute atomic E-state index is 12.9. The number of fused-ring (bicyclic) bond motifs is 1. The van der Waals surface area contributed by atoms with Crippen LogP contribution in [0.4, 0.5) is 21.9 Å². The Morgan fingerprint density at radius 2 is 0.989 bits per heavy atom. The van der Waals surface area contributed by atoms with Crippen molar-refractivity contribution in [2.75, 3.05) is 15.5 Å². The lowest BCUT2D eigenvalue weighted by Gasteiger charge is -2.39. The van der Waals surface area contributed by atoms with Crippen molar-refractivity contribution in [1.82, 2.24) is 5.32 Å². The van der Waals surface area contributed by atoms with Crippen LogP contribution < -0.4 is 26.6 Å². The van der Waals surface area contributed by atoms with Crippen LogP contribution in [0.1, 0.15) is 114 Å². The van der Waals surface area contributed by atoms with Crippen molar-refractivity contribution in [3.05, 3.63) is 263 Å². The van der Waals surface area contributed by atoms with Crippen LogP contribution in [-0.2, 0) is 22.4 Å². The second-order valence-electron chi connectivity index (χ2n) is 21.2. The van der Waals surface area contributed by atoms with Crippen LogP contribution in [0.2, 0.25) is 25.1 Å². The molecule has 0 fully saturated rings. The van der Waals surface area contributed by atoms with Crippen molar-refractivity contribution in [2.45, 2.75) is 92.0 Å². The molecule has 8 aromatic carbocycles. The molecule has 3 atom stereocenters. The first-order valence-corrected chi connectivity index (χ1v) is 30.0. The largest absolute Gasteiger partial charge is 0.478 e. The molecule has 0 bridgehead atoms. The summed E-state index contributed by atoms with van der Waals surface area (Å²) < 4.78 is 5.17. The van der Waals surface area contributed by atoms with Crippen molar-refractivity contribution in [3.8, 4) is 0 Å². The normalized spacial score (nSPS) is 12.8. The predicted octanol–water partition coefficient (Wildman–Crippen LogP) is 17.2. The van der Waals surface area contributed by atoms with Crippen molar-refractivity contribution in [1.29, 1.82) is 0 Å². The van der Waals surface area contributed by atoms with Gasteiger partial charge in [0.2, 0.25) is 0 Å². The smallest absolute Gasteiger partial charge is 0.408 e. The van der Waals surface area contributed by atoms with E-state index in [1.165, 1.54) is 0 Å². The summed E-state index contributed by atoms with van der Waals surface area (Å²) in [5, 5.41) is 18.2. The minimum Gasteiger partial charge on any atom is -0.478 e. The number of ketones is 1. The minimum absolute atomic E-state index is 0.0604. The quantitative estimate of drug-likeness (QED) is 0.0730. The number of hydrogen-bond acceptors (Lipinski definition) is 9. The molecule has 464 valence electrons. The predicted molar refractivity (Wildman–Crippen MR) is 359 cm³/mol. The van der Waals surface area contributed by atoms with Crippen LogP contribution in [-0.4, -0.2) is 69.6 Å². The Morgan fingerprint density at radius 1 is 0.573 bits per heavy atom. The fraction of sp³-hybridized carbons (Fsp3) is 0.203. The topological polar surface area (TPSA) is 214 Å². The number of carbonyl (C=O) groups is 7. The summed E-state index contributed by atoms with van der Waals surface area (Å²) in [5.74, 6) is -1.91. The van der Waals surface area contributed by atoms with Gasteiger partial charge in [-0.15, -0.1) is 0 Å². The van der Waals surface area contributed by atoms with Gasteiger partial charge in [-0.1, -0.05) is 173 Å². The van der Waals surface area contributed by atoms with E-state index in [1.807, 2.05) is 105 Å². The van der Waals surface area contributed by atoms with E-state index in [-0.39, 0.29) is 57.3 Å². The molecule has 0 aromatic heterocycles. The van der Waals surface area contributed by atoms with E-state index in [4.69, 9.17) is 85.2 Å². The number of para-hydroxylation sites is 3. The molecule has 1 unspecified atom stereocenters. The highest BCUT2D eigenvalue weighted by atomic mass is 35.5. The molecular formula is C69H67Cl6N5O9. The van der Waals surface area contributed by atoms with Gasteiger partial charge in [-0.25, -0.2) is 9.59 Å². The van der Waals surface area contributed by atoms with Gasteiger partial charge in [0.1, 0.15) is 5.60 Å². The number of halogens is 6. The summed E-state index contributed by atoms with van der Waals surface area (Å²) in [6.45, 7) is 14.1. The van der Waals surface area contributed by atoms with Crippen molar-refractivity contribution < 1.29 is 43.4 Å². The Balaban J connectivity index is 0.000000212. The van der Waals surface area contributed by atoms with Crippen LogP contribution in [0.3, 0.4) is 0 Å². The van der Waals surface area contributed by atoms with E-state index in [2.05, 4.69) is 16.0 Å². The molecule has 1 aliphatic rings. The Hall–Kier alpha value is -8.05. The monoisotopic (exact) mass is 1320 g/mol. The van der Waals surface area contributed by atoms with Crippen molar-refractivity contribution in [3.63, 3.8) is 0 Å². The molecule has 0 radical (unpaired) electrons. The molecule has 14 nitrogen and oxygen atoms in total. The standard InChI is InChI=1S/C22H25ClN2O4.C17H17ClN2O.C14H12ClNO.C8H6Cl2O.C8H7ClO2/c1-14(24-21(28)29-22(2,3)4)18(26)13-15-9-8-12-17(23)19(15)20(27)25-16-10-6-5-7-11-16;1-11(19)15-10-12-6-5-9-14(18)16(12)17(21)20(15)13-7-3-2-4-8-13;1-10-6-5-9-12(15)13(10)14(17)16-11-7-3-2-4-8-11;2*1-5-3-2-4-6(9)7(5)8(10)11/h5-12,14H,13H2,1-4H3,(H,24,28)(H,25,27);2-9,11,15H,10,19H2,1H3;2-9H,1H3,(H,16,17);2-4H,1H3;2-4H,1H3,(H,10,11)/t14-;11-,15?;;;/m00.../s1. The molecule has 1 heterocycles. The molecule has 0 spiro atoms. The summed E-state index contributed by atoms with van der Waals surface area (Å²) in [5.41, 5.74) is 13.5. The van der Waals surface area contributed by atoms with Crippen molar-refractivity contribution in [2.24, 2.45) is 5.73 Å². The number of amides is 4. The number of ether oxygens (including phenoxy) is 1. The highest BCUT2D eigenvalue weighted by molar-refractivity contribution is 6.69. The third-order valence-corrected chi connectivity index (χ3v) is 15.0. The minimum atomic E-state index is -0.979. The number of benzene rings is 8. The zero-order valence-corrected chi connectivity index (χ0v) is 54.5. The number of Topliss-reactive ketones (excluding diaryl/α,β-unsaturated/α-hetero) is 1. The van der Waals surface area contributed by atoms with Crippen LogP contribution in [0.25, 0.3) is 0 Å². The molecular weight excluding hydrogens is 1260 g/mol. The number of carboxylic acid groups (broad SMARTS) is 1. The molecule has 1 aliphatic heterocycles. The molecule has 0 saturated carbocycles. The number of anilines is 3. The lowest BCUT2D eigenvalue weighted by molar-refractivity contribution is -0.120. The second kappa shape index (κ2) is 34.1. The summed E-state index contributed by atoms with van der Waals surface area (Å²) in [6.07, 6.45) is -0.0185.